The average Bonchev–Trinajstić information content (AvgIpc) is 2.75. The molecule has 0 amide bonds. The molecule has 2 aliphatic rings. The Balaban J connectivity index is 2.25. The van der Waals surface area contributed by atoms with Gasteiger partial charge in [-0.1, -0.05) is 29.9 Å². The number of allylic oxidation sites excluding steroid dienone is 4. The van der Waals surface area contributed by atoms with E-state index >= 15 is 0 Å². The smallest absolute Gasteiger partial charge is 0.334 e. The third-order valence-corrected chi connectivity index (χ3v) is 5.94. The van der Waals surface area contributed by atoms with E-state index in [1.807, 2.05) is 0 Å². The first-order chi connectivity index (χ1) is 11.2. The molecule has 0 aromatic carbocycles. The summed E-state index contributed by atoms with van der Waals surface area (Å²) in [6.45, 7) is 9.87. The summed E-state index contributed by atoms with van der Waals surface area (Å²) in [7, 11) is 0. The molecule has 0 unspecified atom stereocenters. The van der Waals surface area contributed by atoms with Gasteiger partial charge in [0.05, 0.1) is 11.0 Å². The SMILES string of the molecule is C=C1C(=O)O[C@H]2C[C@@](C)(O)[C@@H](Cl)CC/C(C)=C/CC/C(C)=C/C[C@H]12. The summed E-state index contributed by atoms with van der Waals surface area (Å²) in [5.74, 6) is -0.428. The third-order valence-electron chi connectivity index (χ3n) is 5.25. The summed E-state index contributed by atoms with van der Waals surface area (Å²) in [6.07, 6.45) is 8.72. The lowest BCUT2D eigenvalue weighted by Crippen LogP contribution is -2.40. The average molecular weight is 353 g/mol. The van der Waals surface area contributed by atoms with Crippen LogP contribution >= 0.6 is 11.6 Å². The first-order valence-corrected chi connectivity index (χ1v) is 9.22. The van der Waals surface area contributed by atoms with Crippen LogP contribution in [0.1, 0.15) is 59.3 Å². The topological polar surface area (TPSA) is 46.5 Å². The van der Waals surface area contributed by atoms with Gasteiger partial charge in [-0.15, -0.1) is 11.6 Å². The Kier molecular flexibility index (Phi) is 6.33. The number of halogens is 1. The van der Waals surface area contributed by atoms with E-state index in [1.54, 1.807) is 6.92 Å². The van der Waals surface area contributed by atoms with Gasteiger partial charge >= 0.3 is 5.97 Å². The van der Waals surface area contributed by atoms with Crippen molar-refractivity contribution >= 4 is 17.6 Å². The molecule has 1 fully saturated rings. The van der Waals surface area contributed by atoms with Crippen LogP contribution in [-0.4, -0.2) is 28.2 Å². The number of alkyl halides is 1. The molecule has 0 spiro atoms. The molecule has 0 bridgehead atoms. The van der Waals surface area contributed by atoms with Gasteiger partial charge in [0.25, 0.3) is 0 Å². The minimum atomic E-state index is -1.08. The van der Waals surface area contributed by atoms with Crippen LogP contribution < -0.4 is 0 Å². The zero-order chi connectivity index (χ0) is 17.9. The van der Waals surface area contributed by atoms with Crippen molar-refractivity contribution in [2.45, 2.75) is 76.4 Å². The molecule has 0 radical (unpaired) electrons. The van der Waals surface area contributed by atoms with Gasteiger partial charge in [-0.2, -0.15) is 0 Å². The van der Waals surface area contributed by atoms with Crippen LogP contribution in [-0.2, 0) is 9.53 Å². The van der Waals surface area contributed by atoms with E-state index in [4.69, 9.17) is 16.3 Å². The summed E-state index contributed by atoms with van der Waals surface area (Å²) < 4.78 is 5.48. The fraction of sp³-hybridized carbons (Fsp3) is 0.650. The molecule has 0 saturated carbocycles. The van der Waals surface area contributed by atoms with Crippen LogP contribution in [0.3, 0.4) is 0 Å². The minimum Gasteiger partial charge on any atom is -0.458 e. The Morgan fingerprint density at radius 1 is 1.29 bits per heavy atom. The zero-order valence-electron chi connectivity index (χ0n) is 15.0. The highest BCUT2D eigenvalue weighted by molar-refractivity contribution is 6.21. The van der Waals surface area contributed by atoms with Crippen molar-refractivity contribution in [3.05, 3.63) is 35.5 Å². The van der Waals surface area contributed by atoms with Gasteiger partial charge in [0.2, 0.25) is 0 Å². The maximum Gasteiger partial charge on any atom is 0.334 e. The fourth-order valence-corrected chi connectivity index (χ4v) is 3.63. The fourth-order valence-electron chi connectivity index (χ4n) is 3.43. The molecule has 1 heterocycles. The number of aliphatic hydroxyl groups is 1. The van der Waals surface area contributed by atoms with E-state index in [1.165, 1.54) is 11.1 Å². The van der Waals surface area contributed by atoms with Crippen LogP contribution in [0, 0.1) is 5.92 Å². The quantitative estimate of drug-likeness (QED) is 0.298. The Bertz CT molecular complexity index is 559. The molecule has 24 heavy (non-hydrogen) atoms. The lowest BCUT2D eigenvalue weighted by atomic mass is 9.83. The van der Waals surface area contributed by atoms with E-state index in [0.717, 1.165) is 19.3 Å². The normalized spacial score (nSPS) is 40.6. The van der Waals surface area contributed by atoms with Crippen molar-refractivity contribution in [3.63, 3.8) is 0 Å². The minimum absolute atomic E-state index is 0.0805. The van der Waals surface area contributed by atoms with Crippen LogP contribution in [0.2, 0.25) is 0 Å². The number of fused-ring (bicyclic) bond motifs is 1. The second kappa shape index (κ2) is 7.88. The zero-order valence-corrected chi connectivity index (χ0v) is 15.7. The lowest BCUT2D eigenvalue weighted by Gasteiger charge is -2.32. The Labute approximate surface area is 150 Å². The summed E-state index contributed by atoms with van der Waals surface area (Å²) in [4.78, 5) is 11.9. The van der Waals surface area contributed by atoms with Crippen molar-refractivity contribution in [3.8, 4) is 0 Å². The molecule has 134 valence electrons. The maximum absolute atomic E-state index is 11.9. The summed E-state index contributed by atoms with van der Waals surface area (Å²) in [5.41, 5.74) is 2.04. The van der Waals surface area contributed by atoms with Crippen molar-refractivity contribution in [2.24, 2.45) is 5.92 Å². The van der Waals surface area contributed by atoms with Crippen molar-refractivity contribution in [2.75, 3.05) is 0 Å². The maximum atomic E-state index is 11.9. The van der Waals surface area contributed by atoms with Gasteiger partial charge in [-0.05, 0) is 52.9 Å². The molecule has 4 heteroatoms. The lowest BCUT2D eigenvalue weighted by molar-refractivity contribution is -0.141. The van der Waals surface area contributed by atoms with E-state index in [2.05, 4.69) is 32.6 Å². The van der Waals surface area contributed by atoms with Gasteiger partial charge in [0.15, 0.2) is 0 Å². The number of carbonyl (C=O) groups is 1. The monoisotopic (exact) mass is 352 g/mol. The van der Waals surface area contributed by atoms with Gasteiger partial charge in [0, 0.05) is 17.9 Å². The molecule has 1 aliphatic carbocycles. The Morgan fingerprint density at radius 3 is 2.67 bits per heavy atom. The standard InChI is InChI=1S/C20H29ClO3/c1-13-6-5-7-14(2)9-11-18(21)20(4,23)12-17-16(10-8-13)15(3)19(22)24-17/h7-8,16-18,23H,3,5-6,9-12H2,1-2,4H3/b13-8+,14-7+/t16-,17+,18+,20-/m1/s1. The molecular formula is C20H29ClO3. The van der Waals surface area contributed by atoms with Crippen LogP contribution in [0.4, 0.5) is 0 Å². The molecule has 2 rings (SSSR count). The number of carbonyl (C=O) groups excluding carboxylic acids is 1. The highest BCUT2D eigenvalue weighted by Crippen LogP contribution is 2.37. The van der Waals surface area contributed by atoms with Gasteiger partial charge in [0.1, 0.15) is 6.10 Å². The molecule has 1 aliphatic heterocycles. The van der Waals surface area contributed by atoms with E-state index < -0.39 is 5.60 Å². The first-order valence-electron chi connectivity index (χ1n) is 8.78. The molecule has 0 aromatic rings. The molecule has 4 atom stereocenters. The first kappa shape index (κ1) is 19.3. The van der Waals surface area contributed by atoms with E-state index in [-0.39, 0.29) is 23.4 Å². The predicted octanol–water partition coefficient (Wildman–Crippen LogP) is 4.69. The molecule has 1 N–H and O–H groups in total. The van der Waals surface area contributed by atoms with Gasteiger partial charge in [-0.3, -0.25) is 0 Å². The number of rotatable bonds is 0. The molecule has 0 aromatic heterocycles. The summed E-state index contributed by atoms with van der Waals surface area (Å²) >= 11 is 6.48. The Hall–Kier alpha value is -1.06. The number of hydrogen-bond donors (Lipinski definition) is 1. The second-order valence-corrected chi connectivity index (χ2v) is 8.05. The van der Waals surface area contributed by atoms with Crippen molar-refractivity contribution in [1.29, 1.82) is 0 Å². The van der Waals surface area contributed by atoms with E-state index in [0.29, 0.717) is 24.8 Å². The number of hydrogen-bond acceptors (Lipinski definition) is 3. The predicted molar refractivity (Wildman–Crippen MR) is 98.0 cm³/mol. The summed E-state index contributed by atoms with van der Waals surface area (Å²) in [5, 5.41) is 10.4. The van der Waals surface area contributed by atoms with Crippen molar-refractivity contribution in [1.82, 2.24) is 0 Å². The highest BCUT2D eigenvalue weighted by atomic mass is 35.5. The van der Waals surface area contributed by atoms with Crippen LogP contribution in [0.25, 0.3) is 0 Å². The third kappa shape index (κ3) is 4.73. The largest absolute Gasteiger partial charge is 0.458 e. The van der Waals surface area contributed by atoms with Gasteiger partial charge < -0.3 is 9.84 Å². The molecule has 1 saturated heterocycles. The second-order valence-electron chi connectivity index (χ2n) is 7.52. The number of esters is 1. The van der Waals surface area contributed by atoms with E-state index in [9.17, 15) is 9.90 Å². The van der Waals surface area contributed by atoms with Crippen LogP contribution in [0.5, 0.6) is 0 Å². The highest BCUT2D eigenvalue weighted by Gasteiger charge is 2.43. The summed E-state index contributed by atoms with van der Waals surface area (Å²) in [6, 6.07) is 0. The Morgan fingerprint density at radius 2 is 1.96 bits per heavy atom. The van der Waals surface area contributed by atoms with Crippen LogP contribution in [0.15, 0.2) is 35.5 Å². The molecule has 3 nitrogen and oxygen atoms in total. The number of ether oxygens (including phenoxy) is 1. The van der Waals surface area contributed by atoms with Gasteiger partial charge in [-0.25, -0.2) is 4.79 Å². The van der Waals surface area contributed by atoms with Crippen molar-refractivity contribution < 1.29 is 14.6 Å². The molecular weight excluding hydrogens is 324 g/mol.